The van der Waals surface area contributed by atoms with Gasteiger partial charge in [0.2, 0.25) is 0 Å². The van der Waals surface area contributed by atoms with Gasteiger partial charge in [-0.25, -0.2) is 4.39 Å². The predicted molar refractivity (Wildman–Crippen MR) is 108 cm³/mol. The van der Waals surface area contributed by atoms with Gasteiger partial charge in [-0.1, -0.05) is 58.4 Å². The molecule has 0 heterocycles. The first-order valence-electron chi connectivity index (χ1n) is 10.3. The maximum absolute atomic E-state index is 14.0. The second-order valence-electron chi connectivity index (χ2n) is 7.25. The Morgan fingerprint density at radius 1 is 0.929 bits per heavy atom. The summed E-state index contributed by atoms with van der Waals surface area (Å²) in [7, 11) is 0. The van der Waals surface area contributed by atoms with E-state index in [9.17, 15) is 14.0 Å². The molecule has 0 amide bonds. The number of unbranched alkanes of at least 4 members (excludes halogenated alkanes) is 6. The summed E-state index contributed by atoms with van der Waals surface area (Å²) in [5, 5.41) is 0. The van der Waals surface area contributed by atoms with E-state index in [1.807, 2.05) is 0 Å². The highest BCUT2D eigenvalue weighted by atomic mass is 19.1. The smallest absolute Gasteiger partial charge is 0.327 e. The second kappa shape index (κ2) is 12.4. The first-order valence-corrected chi connectivity index (χ1v) is 10.3. The maximum atomic E-state index is 14.0. The lowest BCUT2D eigenvalue weighted by atomic mass is 9.82. The maximum Gasteiger partial charge on any atom is 0.327 e. The molecule has 6 heteroatoms. The van der Waals surface area contributed by atoms with Gasteiger partial charge in [-0.2, -0.15) is 0 Å². The van der Waals surface area contributed by atoms with Crippen LogP contribution in [0.5, 0.6) is 0 Å². The van der Waals surface area contributed by atoms with Gasteiger partial charge in [0.1, 0.15) is 5.82 Å². The molecule has 28 heavy (non-hydrogen) atoms. The second-order valence-corrected chi connectivity index (χ2v) is 7.25. The number of ether oxygens (including phenoxy) is 2. The Morgan fingerprint density at radius 2 is 1.43 bits per heavy atom. The number of hydrogen-bond donors (Lipinski definition) is 1. The van der Waals surface area contributed by atoms with Crippen molar-refractivity contribution < 1.29 is 23.5 Å². The van der Waals surface area contributed by atoms with Crippen LogP contribution in [0.2, 0.25) is 0 Å². The molecule has 1 aromatic rings. The molecular formula is C22H34FNO4. The van der Waals surface area contributed by atoms with Gasteiger partial charge in [-0.15, -0.1) is 0 Å². The Kier molecular flexibility index (Phi) is 10.6. The van der Waals surface area contributed by atoms with Crippen molar-refractivity contribution in [1.82, 2.24) is 0 Å². The van der Waals surface area contributed by atoms with Gasteiger partial charge in [0.05, 0.1) is 18.9 Å². The van der Waals surface area contributed by atoms with Crippen molar-refractivity contribution in [2.24, 2.45) is 0 Å². The van der Waals surface area contributed by atoms with Crippen molar-refractivity contribution in [1.29, 1.82) is 0 Å². The van der Waals surface area contributed by atoms with E-state index in [4.69, 9.17) is 15.2 Å². The molecule has 0 aliphatic rings. The average Bonchev–Trinajstić information content (AvgIpc) is 2.68. The van der Waals surface area contributed by atoms with Gasteiger partial charge in [0, 0.05) is 0 Å². The van der Waals surface area contributed by atoms with E-state index in [1.165, 1.54) is 19.1 Å². The normalized spacial score (nSPS) is 11.3. The number of carbonyl (C=O) groups is 2. The number of nitrogen functional groups attached to an aromatic ring is 1. The average molecular weight is 396 g/mol. The van der Waals surface area contributed by atoms with Crippen molar-refractivity contribution in [3.05, 3.63) is 29.6 Å². The number of benzene rings is 1. The fourth-order valence-corrected chi connectivity index (χ4v) is 2.83. The molecule has 0 aromatic heterocycles. The number of hydrogen-bond acceptors (Lipinski definition) is 5. The Hall–Kier alpha value is -2.11. The lowest BCUT2D eigenvalue weighted by Gasteiger charge is -2.26. The number of halogens is 1. The van der Waals surface area contributed by atoms with Crippen molar-refractivity contribution in [3.63, 3.8) is 0 Å². The van der Waals surface area contributed by atoms with Crippen LogP contribution in [0.4, 0.5) is 10.1 Å². The number of carbonyl (C=O) groups excluding carboxylic acids is 2. The Labute approximate surface area is 167 Å². The number of rotatable bonds is 13. The summed E-state index contributed by atoms with van der Waals surface area (Å²) in [6.07, 6.45) is 7.57. The molecule has 0 atom stereocenters. The number of nitrogens with two attached hydrogens (primary N) is 1. The topological polar surface area (TPSA) is 78.6 Å². The van der Waals surface area contributed by atoms with Gasteiger partial charge < -0.3 is 15.2 Å². The van der Waals surface area contributed by atoms with Gasteiger partial charge in [0.25, 0.3) is 0 Å². The molecule has 0 fully saturated rings. The third-order valence-corrected chi connectivity index (χ3v) is 4.86. The molecule has 0 aliphatic heterocycles. The lowest BCUT2D eigenvalue weighted by molar-refractivity contribution is -0.164. The van der Waals surface area contributed by atoms with E-state index in [1.54, 1.807) is 0 Å². The summed E-state index contributed by atoms with van der Waals surface area (Å²) in [4.78, 5) is 25.6. The molecule has 0 saturated carbocycles. The zero-order chi connectivity index (χ0) is 21.0. The van der Waals surface area contributed by atoms with E-state index >= 15 is 0 Å². The van der Waals surface area contributed by atoms with E-state index in [0.717, 1.165) is 57.4 Å². The van der Waals surface area contributed by atoms with E-state index < -0.39 is 23.2 Å². The van der Waals surface area contributed by atoms with Crippen molar-refractivity contribution in [2.75, 3.05) is 18.9 Å². The summed E-state index contributed by atoms with van der Waals surface area (Å²) in [6.45, 7) is 6.04. The Morgan fingerprint density at radius 3 is 1.86 bits per heavy atom. The molecule has 2 N–H and O–H groups in total. The standard InChI is InChI=1S/C22H34FNO4/c1-4-6-8-10-14-27-20(25)22(3,17-12-13-19(24)18(23)16-17)21(26)28-15-11-9-7-5-2/h12-13,16H,4-11,14-15,24H2,1-3H3. The third-order valence-electron chi connectivity index (χ3n) is 4.86. The van der Waals surface area contributed by atoms with Crippen molar-refractivity contribution in [3.8, 4) is 0 Å². The van der Waals surface area contributed by atoms with Crippen LogP contribution in [0.15, 0.2) is 18.2 Å². The van der Waals surface area contributed by atoms with Crippen molar-refractivity contribution in [2.45, 2.75) is 77.6 Å². The quantitative estimate of drug-likeness (QED) is 0.222. The minimum atomic E-state index is -1.73. The van der Waals surface area contributed by atoms with Crippen LogP contribution >= 0.6 is 0 Å². The van der Waals surface area contributed by atoms with Gasteiger partial charge in [0.15, 0.2) is 5.41 Å². The van der Waals surface area contributed by atoms with Crippen molar-refractivity contribution >= 4 is 17.6 Å². The summed E-state index contributed by atoms with van der Waals surface area (Å²) in [5.74, 6) is -2.14. The lowest BCUT2D eigenvalue weighted by Crippen LogP contribution is -2.44. The minimum Gasteiger partial charge on any atom is -0.465 e. The molecule has 0 aliphatic carbocycles. The minimum absolute atomic E-state index is 0.0491. The van der Waals surface area contributed by atoms with Crippen LogP contribution in [0.25, 0.3) is 0 Å². The van der Waals surface area contributed by atoms with Crippen LogP contribution < -0.4 is 5.73 Å². The summed E-state index contributed by atoms with van der Waals surface area (Å²) in [6, 6.07) is 3.91. The molecule has 0 spiro atoms. The Bertz CT molecular complexity index is 607. The van der Waals surface area contributed by atoms with Crippen LogP contribution in [0.3, 0.4) is 0 Å². The third kappa shape index (κ3) is 6.80. The zero-order valence-electron chi connectivity index (χ0n) is 17.4. The number of anilines is 1. The molecule has 5 nitrogen and oxygen atoms in total. The Balaban J connectivity index is 2.90. The molecule has 0 bridgehead atoms. The molecule has 0 unspecified atom stereocenters. The largest absolute Gasteiger partial charge is 0.465 e. The van der Waals surface area contributed by atoms with E-state index in [-0.39, 0.29) is 24.5 Å². The highest BCUT2D eigenvalue weighted by Gasteiger charge is 2.46. The fraction of sp³-hybridized carbons (Fsp3) is 0.636. The van der Waals surface area contributed by atoms with Gasteiger partial charge >= 0.3 is 11.9 Å². The van der Waals surface area contributed by atoms with Crippen LogP contribution in [-0.4, -0.2) is 25.2 Å². The first-order chi connectivity index (χ1) is 13.4. The van der Waals surface area contributed by atoms with Crippen LogP contribution in [-0.2, 0) is 24.5 Å². The van der Waals surface area contributed by atoms with E-state index in [0.29, 0.717) is 0 Å². The summed E-state index contributed by atoms with van der Waals surface area (Å²) >= 11 is 0. The SMILES string of the molecule is CCCCCCOC(=O)C(C)(C(=O)OCCCCCC)c1ccc(N)c(F)c1. The zero-order valence-corrected chi connectivity index (χ0v) is 17.4. The highest BCUT2D eigenvalue weighted by Crippen LogP contribution is 2.30. The number of esters is 2. The van der Waals surface area contributed by atoms with Crippen LogP contribution in [0.1, 0.15) is 77.7 Å². The monoisotopic (exact) mass is 395 g/mol. The first kappa shape index (κ1) is 23.9. The van der Waals surface area contributed by atoms with Gasteiger partial charge in [-0.05, 0) is 37.5 Å². The summed E-state index contributed by atoms with van der Waals surface area (Å²) < 4.78 is 24.7. The van der Waals surface area contributed by atoms with E-state index in [2.05, 4.69) is 13.8 Å². The highest BCUT2D eigenvalue weighted by molar-refractivity contribution is 6.06. The molecule has 0 saturated heterocycles. The summed E-state index contributed by atoms with van der Waals surface area (Å²) in [5.41, 5.74) is 3.93. The predicted octanol–water partition coefficient (Wildman–Crippen LogP) is 4.91. The molecule has 1 aromatic carbocycles. The van der Waals surface area contributed by atoms with Crippen LogP contribution in [0, 0.1) is 5.82 Å². The molecule has 158 valence electrons. The fourth-order valence-electron chi connectivity index (χ4n) is 2.83. The van der Waals surface area contributed by atoms with Gasteiger partial charge in [-0.3, -0.25) is 9.59 Å². The molecule has 0 radical (unpaired) electrons. The molecular weight excluding hydrogens is 361 g/mol. The molecule has 1 rings (SSSR count).